The summed E-state index contributed by atoms with van der Waals surface area (Å²) in [4.78, 5) is 10.9. The molecule has 0 radical (unpaired) electrons. The molecule has 10 heteroatoms. The van der Waals surface area contributed by atoms with Crippen molar-refractivity contribution in [1.29, 1.82) is 0 Å². The summed E-state index contributed by atoms with van der Waals surface area (Å²) in [6.07, 6.45) is 10.0. The van der Waals surface area contributed by atoms with E-state index in [1.807, 2.05) is 12.1 Å². The molecule has 0 N–H and O–H groups in total. The molecule has 0 aliphatic carbocycles. The fraction of sp³-hybridized carbons (Fsp3) is 0.609. The Bertz CT molecular complexity index is 1010. The Kier molecular flexibility index (Phi) is 7.21. The molecular weight excluding hydrogens is 438 g/mol. The van der Waals surface area contributed by atoms with Gasteiger partial charge < -0.3 is 14.2 Å². The summed E-state index contributed by atoms with van der Waals surface area (Å²) in [5.74, 6) is 3.96. The van der Waals surface area contributed by atoms with Crippen LogP contribution in [-0.4, -0.2) is 61.4 Å². The fourth-order valence-electron chi connectivity index (χ4n) is 4.34. The topological polar surface area (TPSA) is 95.0 Å². The van der Waals surface area contributed by atoms with Gasteiger partial charge in [0.05, 0.1) is 12.6 Å². The van der Waals surface area contributed by atoms with E-state index in [0.717, 1.165) is 80.3 Å². The molecule has 2 aliphatic rings. The molecule has 3 aromatic heterocycles. The van der Waals surface area contributed by atoms with Crippen LogP contribution in [0, 0.1) is 5.92 Å². The average molecular weight is 470 g/mol. The van der Waals surface area contributed by atoms with Crippen molar-refractivity contribution >= 4 is 17.7 Å². The zero-order chi connectivity index (χ0) is 22.5. The van der Waals surface area contributed by atoms with Gasteiger partial charge in [0.25, 0.3) is 0 Å². The van der Waals surface area contributed by atoms with E-state index in [-0.39, 0.29) is 6.10 Å². The zero-order valence-electron chi connectivity index (χ0n) is 19.1. The molecule has 1 unspecified atom stereocenters. The second-order valence-electron chi connectivity index (χ2n) is 8.90. The van der Waals surface area contributed by atoms with Gasteiger partial charge in [-0.1, -0.05) is 23.8 Å². The van der Waals surface area contributed by atoms with Gasteiger partial charge >= 0.3 is 0 Å². The van der Waals surface area contributed by atoms with Crippen LogP contribution in [0.2, 0.25) is 0 Å². The van der Waals surface area contributed by atoms with Crippen molar-refractivity contribution in [3.8, 4) is 11.4 Å². The Morgan fingerprint density at radius 1 is 1.12 bits per heavy atom. The minimum Gasteiger partial charge on any atom is -0.376 e. The lowest BCUT2D eigenvalue weighted by Gasteiger charge is -2.31. The van der Waals surface area contributed by atoms with Gasteiger partial charge in [-0.3, -0.25) is 9.55 Å². The molecule has 9 nitrogen and oxygen atoms in total. The maximum atomic E-state index is 5.93. The number of piperidine rings is 1. The van der Waals surface area contributed by atoms with Crippen LogP contribution in [0.1, 0.15) is 44.9 Å². The van der Waals surface area contributed by atoms with Crippen molar-refractivity contribution in [3.05, 3.63) is 30.4 Å². The van der Waals surface area contributed by atoms with Crippen molar-refractivity contribution in [2.45, 2.75) is 63.3 Å². The van der Waals surface area contributed by atoms with Gasteiger partial charge in [0, 0.05) is 49.8 Å². The molecule has 5 heterocycles. The number of hydrogen-bond acceptors (Lipinski definition) is 9. The van der Waals surface area contributed by atoms with E-state index in [1.165, 1.54) is 12.8 Å². The van der Waals surface area contributed by atoms with Gasteiger partial charge in [0.2, 0.25) is 17.7 Å². The van der Waals surface area contributed by atoms with Gasteiger partial charge in [-0.15, -0.1) is 10.2 Å². The third-order valence-corrected chi connectivity index (χ3v) is 7.40. The lowest BCUT2D eigenvalue weighted by atomic mass is 10.00. The number of hydrogen-bond donors (Lipinski definition) is 0. The molecule has 0 spiro atoms. The predicted molar refractivity (Wildman–Crippen MR) is 126 cm³/mol. The quantitative estimate of drug-likeness (QED) is 0.342. The Labute approximate surface area is 198 Å². The zero-order valence-corrected chi connectivity index (χ0v) is 19.9. The molecule has 176 valence electrons. The number of aryl methyl sites for hydroxylation is 1. The first kappa shape index (κ1) is 22.3. The molecule has 3 aromatic rings. The smallest absolute Gasteiger partial charge is 0.228 e. The van der Waals surface area contributed by atoms with Crippen LogP contribution in [0.3, 0.4) is 0 Å². The van der Waals surface area contributed by atoms with Crippen molar-refractivity contribution in [2.24, 2.45) is 5.92 Å². The maximum absolute atomic E-state index is 5.93. The standard InChI is InChI=1S/C23H31N7O2S/c1-17-8-12-29(13-9-17)22-26-27-23(30(22)16-19-4-2-14-31-19)33-15-3-5-20-25-21(28-32-20)18-6-10-24-11-7-18/h6-7,10-11,17,19H,2-5,8-9,12-16H2,1H3. The number of pyridine rings is 1. The van der Waals surface area contributed by atoms with E-state index in [4.69, 9.17) is 9.26 Å². The monoisotopic (exact) mass is 469 g/mol. The summed E-state index contributed by atoms with van der Waals surface area (Å²) in [6.45, 7) is 6.12. The van der Waals surface area contributed by atoms with Crippen LogP contribution in [-0.2, 0) is 17.7 Å². The maximum Gasteiger partial charge on any atom is 0.228 e. The SMILES string of the molecule is CC1CCN(c2nnc(SCCCc3nc(-c4ccncc4)no3)n2CC2CCCO2)CC1. The lowest BCUT2D eigenvalue weighted by Crippen LogP contribution is -2.35. The molecule has 1 atom stereocenters. The second kappa shape index (κ2) is 10.6. The molecule has 33 heavy (non-hydrogen) atoms. The molecule has 0 amide bonds. The van der Waals surface area contributed by atoms with E-state index in [9.17, 15) is 0 Å². The first-order chi connectivity index (χ1) is 16.3. The van der Waals surface area contributed by atoms with E-state index in [1.54, 1.807) is 24.2 Å². The highest BCUT2D eigenvalue weighted by atomic mass is 32.2. The number of ether oxygens (including phenoxy) is 1. The minimum absolute atomic E-state index is 0.257. The first-order valence-corrected chi connectivity index (χ1v) is 12.9. The number of anilines is 1. The summed E-state index contributed by atoms with van der Waals surface area (Å²) in [6, 6.07) is 3.76. The van der Waals surface area contributed by atoms with Crippen LogP contribution in [0.25, 0.3) is 11.4 Å². The van der Waals surface area contributed by atoms with Crippen molar-refractivity contribution in [1.82, 2.24) is 29.9 Å². The molecule has 2 saturated heterocycles. The van der Waals surface area contributed by atoms with Gasteiger partial charge in [0.1, 0.15) is 0 Å². The predicted octanol–water partition coefficient (Wildman–Crippen LogP) is 3.86. The number of aromatic nitrogens is 6. The molecule has 2 fully saturated rings. The van der Waals surface area contributed by atoms with E-state index in [2.05, 4.69) is 41.7 Å². The van der Waals surface area contributed by atoms with Gasteiger partial charge in [-0.25, -0.2) is 0 Å². The molecule has 2 aliphatic heterocycles. The average Bonchev–Trinajstić information content (AvgIpc) is 3.61. The Hall–Kier alpha value is -2.46. The highest BCUT2D eigenvalue weighted by molar-refractivity contribution is 7.99. The van der Waals surface area contributed by atoms with Gasteiger partial charge in [-0.05, 0) is 50.2 Å². The Morgan fingerprint density at radius 3 is 2.76 bits per heavy atom. The molecular formula is C23H31N7O2S. The highest BCUT2D eigenvalue weighted by Gasteiger charge is 2.26. The summed E-state index contributed by atoms with van der Waals surface area (Å²) >= 11 is 1.75. The minimum atomic E-state index is 0.257. The third kappa shape index (κ3) is 5.55. The van der Waals surface area contributed by atoms with Crippen LogP contribution in [0.4, 0.5) is 5.95 Å². The van der Waals surface area contributed by atoms with Crippen LogP contribution >= 0.6 is 11.8 Å². The van der Waals surface area contributed by atoms with E-state index >= 15 is 0 Å². The largest absolute Gasteiger partial charge is 0.376 e. The fourth-order valence-corrected chi connectivity index (χ4v) is 5.23. The summed E-state index contributed by atoms with van der Waals surface area (Å²) < 4.78 is 13.6. The summed E-state index contributed by atoms with van der Waals surface area (Å²) in [5.41, 5.74) is 0.913. The Morgan fingerprint density at radius 2 is 1.97 bits per heavy atom. The van der Waals surface area contributed by atoms with E-state index in [0.29, 0.717) is 11.7 Å². The lowest BCUT2D eigenvalue weighted by molar-refractivity contribution is 0.0951. The van der Waals surface area contributed by atoms with Crippen molar-refractivity contribution < 1.29 is 9.26 Å². The molecule has 5 rings (SSSR count). The first-order valence-electron chi connectivity index (χ1n) is 11.9. The second-order valence-corrected chi connectivity index (χ2v) is 9.96. The molecule has 0 bridgehead atoms. The van der Waals surface area contributed by atoms with Crippen molar-refractivity contribution in [3.63, 3.8) is 0 Å². The summed E-state index contributed by atoms with van der Waals surface area (Å²) in [7, 11) is 0. The van der Waals surface area contributed by atoms with Crippen LogP contribution < -0.4 is 4.90 Å². The van der Waals surface area contributed by atoms with Gasteiger partial charge in [0.15, 0.2) is 5.16 Å². The van der Waals surface area contributed by atoms with Crippen LogP contribution in [0.15, 0.2) is 34.2 Å². The number of nitrogens with zero attached hydrogens (tertiary/aromatic N) is 7. The third-order valence-electron chi connectivity index (χ3n) is 6.35. The molecule has 0 saturated carbocycles. The number of thioether (sulfide) groups is 1. The Balaban J connectivity index is 1.19. The number of rotatable bonds is 9. The summed E-state index contributed by atoms with van der Waals surface area (Å²) in [5, 5.41) is 14.2. The molecule has 0 aromatic carbocycles. The normalized spacial score (nSPS) is 19.4. The highest BCUT2D eigenvalue weighted by Crippen LogP contribution is 2.28. The van der Waals surface area contributed by atoms with Crippen molar-refractivity contribution in [2.75, 3.05) is 30.3 Å². The van der Waals surface area contributed by atoms with Gasteiger partial charge in [-0.2, -0.15) is 4.98 Å². The van der Waals surface area contributed by atoms with Crippen LogP contribution in [0.5, 0.6) is 0 Å². The van der Waals surface area contributed by atoms with E-state index < -0.39 is 0 Å².